The van der Waals surface area contributed by atoms with E-state index < -0.39 is 6.10 Å². The van der Waals surface area contributed by atoms with Crippen LogP contribution in [0, 0.1) is 0 Å². The van der Waals surface area contributed by atoms with E-state index in [4.69, 9.17) is 14.2 Å². The fourth-order valence-electron chi connectivity index (χ4n) is 6.57. The highest BCUT2D eigenvalue weighted by molar-refractivity contribution is 5.71. The maximum Gasteiger partial charge on any atom is 0.306 e. The van der Waals surface area contributed by atoms with Gasteiger partial charge in [-0.25, -0.2) is 0 Å². The minimum absolute atomic E-state index is 0.107. The molecule has 6 heteroatoms. The van der Waals surface area contributed by atoms with Gasteiger partial charge in [0.25, 0.3) is 0 Å². The van der Waals surface area contributed by atoms with E-state index in [1.807, 2.05) is 0 Å². The highest BCUT2D eigenvalue weighted by Gasteiger charge is 2.19. The van der Waals surface area contributed by atoms with Gasteiger partial charge in [-0.15, -0.1) is 0 Å². The topological polar surface area (TPSA) is 78.9 Å². The Hall–Kier alpha value is -3.41. The number of hydrogen-bond donors (Lipinski definition) is 0. The Morgan fingerprint density at radius 1 is 0.344 bits per heavy atom. The van der Waals surface area contributed by atoms with Gasteiger partial charge in [0.1, 0.15) is 13.2 Å². The van der Waals surface area contributed by atoms with E-state index in [-0.39, 0.29) is 37.5 Å². The molecule has 0 aliphatic heterocycles. The number of unbranched alkanes of at least 4 members (excludes halogenated alkanes) is 19. The molecule has 0 saturated carbocycles. The summed E-state index contributed by atoms with van der Waals surface area (Å²) in [6.07, 6.45) is 62.8. The zero-order valence-corrected chi connectivity index (χ0v) is 39.7. The van der Waals surface area contributed by atoms with Gasteiger partial charge in [-0.05, 0) is 103 Å². The first-order chi connectivity index (χ1) is 30.0. The minimum Gasteiger partial charge on any atom is -0.462 e. The molecule has 0 bridgehead atoms. The fraction of sp³-hybridized carbons (Fsp3) is 0.691. The number of hydrogen-bond acceptors (Lipinski definition) is 6. The molecule has 0 aromatic heterocycles. The summed E-state index contributed by atoms with van der Waals surface area (Å²) in [7, 11) is 0. The van der Waals surface area contributed by atoms with Crippen molar-refractivity contribution >= 4 is 17.9 Å². The molecule has 0 amide bonds. The van der Waals surface area contributed by atoms with E-state index in [1.54, 1.807) is 0 Å². The lowest BCUT2D eigenvalue weighted by molar-refractivity contribution is -0.167. The standard InChI is InChI=1S/C55H92O6/c1-4-7-10-13-16-19-22-24-26-27-29-31-34-37-40-43-46-49-55(58)61-52(50-59-53(56)47-44-41-38-35-32-21-18-15-12-9-6-3)51-60-54(57)48-45-42-39-36-33-30-28-25-23-20-17-14-11-8-5-2/h7,10,15-16,18-19,24-26,28-29,31,37,40,52H,4-6,8-9,11-14,17,20-23,27,30,32-36,38-39,41-51H2,1-3H3/b10-7-,18-15-,19-16-,26-24-,28-25-,31-29-,40-37-/t52-/m0/s1. The zero-order chi connectivity index (χ0) is 44.4. The first-order valence-electron chi connectivity index (χ1n) is 25.1. The van der Waals surface area contributed by atoms with E-state index >= 15 is 0 Å². The molecule has 0 aromatic rings. The van der Waals surface area contributed by atoms with Crippen molar-refractivity contribution in [1.82, 2.24) is 0 Å². The summed E-state index contributed by atoms with van der Waals surface area (Å²) in [5.74, 6) is -0.986. The smallest absolute Gasteiger partial charge is 0.306 e. The van der Waals surface area contributed by atoms with Gasteiger partial charge in [0.05, 0.1) is 0 Å². The SMILES string of the molecule is CC/C=C\C/C=C\C/C=C\C/C=C\C/C=C\CCCC(=O)O[C@@H](COC(=O)CCCCCCC/C=C\CCCC)COC(=O)CCCCCCC/C=C\CCCCCCCC. The molecule has 0 aromatic carbocycles. The molecule has 0 fully saturated rings. The van der Waals surface area contributed by atoms with Gasteiger partial charge in [0.2, 0.25) is 0 Å². The maximum atomic E-state index is 12.8. The number of ether oxygens (including phenoxy) is 3. The summed E-state index contributed by atoms with van der Waals surface area (Å²) < 4.78 is 16.7. The molecule has 348 valence electrons. The molecule has 0 N–H and O–H groups in total. The molecular formula is C55H92O6. The molecule has 6 nitrogen and oxygen atoms in total. The Morgan fingerprint density at radius 2 is 0.672 bits per heavy atom. The predicted molar refractivity (Wildman–Crippen MR) is 261 cm³/mol. The molecule has 0 saturated heterocycles. The molecule has 0 aliphatic rings. The highest BCUT2D eigenvalue weighted by Crippen LogP contribution is 2.13. The number of allylic oxidation sites excluding steroid dienone is 14. The quantitative estimate of drug-likeness (QED) is 0.0263. The van der Waals surface area contributed by atoms with Crippen molar-refractivity contribution < 1.29 is 28.6 Å². The molecule has 1 atom stereocenters. The molecule has 0 radical (unpaired) electrons. The number of esters is 3. The Balaban J connectivity index is 4.50. The van der Waals surface area contributed by atoms with Crippen LogP contribution in [0.5, 0.6) is 0 Å². The van der Waals surface area contributed by atoms with Gasteiger partial charge in [-0.1, -0.05) is 189 Å². The third-order valence-electron chi connectivity index (χ3n) is 10.4. The van der Waals surface area contributed by atoms with Gasteiger partial charge in [0, 0.05) is 19.3 Å². The number of carbonyl (C=O) groups is 3. The van der Waals surface area contributed by atoms with Crippen molar-refractivity contribution in [2.24, 2.45) is 0 Å². The van der Waals surface area contributed by atoms with Crippen LogP contribution in [0.25, 0.3) is 0 Å². The summed E-state index contributed by atoms with van der Waals surface area (Å²) >= 11 is 0. The van der Waals surface area contributed by atoms with Crippen LogP contribution in [0.2, 0.25) is 0 Å². The predicted octanol–water partition coefficient (Wildman–Crippen LogP) is 16.4. The summed E-state index contributed by atoms with van der Waals surface area (Å²) in [6.45, 7) is 6.41. The summed E-state index contributed by atoms with van der Waals surface area (Å²) in [5, 5.41) is 0. The van der Waals surface area contributed by atoms with Gasteiger partial charge >= 0.3 is 17.9 Å². The lowest BCUT2D eigenvalue weighted by Gasteiger charge is -2.18. The third kappa shape index (κ3) is 47.5. The second-order valence-electron chi connectivity index (χ2n) is 16.3. The van der Waals surface area contributed by atoms with Crippen molar-refractivity contribution in [3.63, 3.8) is 0 Å². The van der Waals surface area contributed by atoms with Crippen molar-refractivity contribution in [1.29, 1.82) is 0 Å². The first kappa shape index (κ1) is 57.6. The Morgan fingerprint density at radius 3 is 1.11 bits per heavy atom. The summed E-state index contributed by atoms with van der Waals surface area (Å²) in [5.41, 5.74) is 0. The van der Waals surface area contributed by atoms with Crippen molar-refractivity contribution in [3.05, 3.63) is 85.1 Å². The average Bonchev–Trinajstić information content (AvgIpc) is 3.26. The van der Waals surface area contributed by atoms with Crippen molar-refractivity contribution in [2.75, 3.05) is 13.2 Å². The largest absolute Gasteiger partial charge is 0.462 e. The van der Waals surface area contributed by atoms with Crippen LogP contribution in [-0.4, -0.2) is 37.2 Å². The van der Waals surface area contributed by atoms with Crippen LogP contribution in [0.4, 0.5) is 0 Å². The second-order valence-corrected chi connectivity index (χ2v) is 16.3. The van der Waals surface area contributed by atoms with Crippen molar-refractivity contribution in [2.45, 2.75) is 232 Å². The molecule has 0 unspecified atom stereocenters. The van der Waals surface area contributed by atoms with E-state index in [1.165, 1.54) is 77.0 Å². The number of rotatable bonds is 44. The van der Waals surface area contributed by atoms with E-state index in [0.29, 0.717) is 19.3 Å². The summed E-state index contributed by atoms with van der Waals surface area (Å²) in [4.78, 5) is 37.9. The normalized spacial score (nSPS) is 12.8. The molecule has 61 heavy (non-hydrogen) atoms. The lowest BCUT2D eigenvalue weighted by Crippen LogP contribution is -2.30. The van der Waals surface area contributed by atoms with Gasteiger partial charge in [-0.2, -0.15) is 0 Å². The van der Waals surface area contributed by atoms with Gasteiger partial charge in [-0.3, -0.25) is 14.4 Å². The monoisotopic (exact) mass is 849 g/mol. The van der Waals surface area contributed by atoms with Crippen LogP contribution in [-0.2, 0) is 28.6 Å². The fourth-order valence-corrected chi connectivity index (χ4v) is 6.57. The number of carbonyl (C=O) groups excluding carboxylic acids is 3. The van der Waals surface area contributed by atoms with E-state index in [0.717, 1.165) is 103 Å². The van der Waals surface area contributed by atoms with Crippen molar-refractivity contribution in [3.8, 4) is 0 Å². The Bertz CT molecular complexity index is 1200. The van der Waals surface area contributed by atoms with Crippen LogP contribution >= 0.6 is 0 Å². The molecular weight excluding hydrogens is 757 g/mol. The lowest BCUT2D eigenvalue weighted by atomic mass is 10.1. The summed E-state index contributed by atoms with van der Waals surface area (Å²) in [6, 6.07) is 0. The first-order valence-corrected chi connectivity index (χ1v) is 25.1. The average molecular weight is 849 g/mol. The minimum atomic E-state index is -0.811. The van der Waals surface area contributed by atoms with E-state index in [2.05, 4.69) is 106 Å². The van der Waals surface area contributed by atoms with Crippen LogP contribution in [0.15, 0.2) is 85.1 Å². The van der Waals surface area contributed by atoms with Gasteiger partial charge < -0.3 is 14.2 Å². The molecule has 0 heterocycles. The van der Waals surface area contributed by atoms with E-state index in [9.17, 15) is 14.4 Å². The Labute approximate surface area is 375 Å². The molecule has 0 rings (SSSR count). The third-order valence-corrected chi connectivity index (χ3v) is 10.4. The molecule has 0 aliphatic carbocycles. The van der Waals surface area contributed by atoms with Crippen LogP contribution < -0.4 is 0 Å². The van der Waals surface area contributed by atoms with Crippen LogP contribution in [0.1, 0.15) is 226 Å². The molecule has 0 spiro atoms. The maximum absolute atomic E-state index is 12.8. The van der Waals surface area contributed by atoms with Gasteiger partial charge in [0.15, 0.2) is 6.10 Å². The zero-order valence-electron chi connectivity index (χ0n) is 39.7. The van der Waals surface area contributed by atoms with Crippen LogP contribution in [0.3, 0.4) is 0 Å². The highest BCUT2D eigenvalue weighted by atomic mass is 16.6. The Kier molecular flexibility index (Phi) is 46.5. The second kappa shape index (κ2) is 49.2.